The van der Waals surface area contributed by atoms with Gasteiger partial charge in [-0.05, 0) is 37.5 Å². The van der Waals surface area contributed by atoms with E-state index in [4.69, 9.17) is 5.73 Å². The van der Waals surface area contributed by atoms with Gasteiger partial charge >= 0.3 is 0 Å². The average molecular weight is 239 g/mol. The summed E-state index contributed by atoms with van der Waals surface area (Å²) < 4.78 is 12.1. The summed E-state index contributed by atoms with van der Waals surface area (Å²) in [6.45, 7) is 6.12. The summed E-state index contributed by atoms with van der Waals surface area (Å²) in [7, 11) is -0.962. The lowest BCUT2D eigenvalue weighted by Crippen LogP contribution is -2.27. The standard InChI is InChI=1S/C13H21NOS/c1-4-5-12(14)9-16(15)13-8-10(2)6-7-11(13)3/h6-8,12H,4-5,9,14H2,1-3H3. The highest BCUT2D eigenvalue weighted by molar-refractivity contribution is 7.85. The van der Waals surface area contributed by atoms with Crippen LogP contribution in [0.5, 0.6) is 0 Å². The van der Waals surface area contributed by atoms with Crippen molar-refractivity contribution in [1.82, 2.24) is 0 Å². The van der Waals surface area contributed by atoms with Crippen molar-refractivity contribution in [3.05, 3.63) is 29.3 Å². The number of rotatable bonds is 5. The lowest BCUT2D eigenvalue weighted by atomic mass is 10.2. The van der Waals surface area contributed by atoms with E-state index in [1.54, 1.807) is 0 Å². The van der Waals surface area contributed by atoms with E-state index in [0.29, 0.717) is 5.75 Å². The third kappa shape index (κ3) is 3.72. The van der Waals surface area contributed by atoms with E-state index in [1.165, 1.54) is 0 Å². The van der Waals surface area contributed by atoms with Crippen molar-refractivity contribution in [1.29, 1.82) is 0 Å². The Morgan fingerprint density at radius 3 is 2.69 bits per heavy atom. The molecule has 0 radical (unpaired) electrons. The second-order valence-electron chi connectivity index (χ2n) is 4.33. The van der Waals surface area contributed by atoms with Crippen LogP contribution < -0.4 is 5.73 Å². The van der Waals surface area contributed by atoms with Crippen LogP contribution in [-0.2, 0) is 10.8 Å². The molecule has 0 heterocycles. The molecular formula is C13H21NOS. The molecule has 2 atom stereocenters. The zero-order valence-electron chi connectivity index (χ0n) is 10.3. The Hall–Kier alpha value is -0.670. The van der Waals surface area contributed by atoms with Gasteiger partial charge in [-0.15, -0.1) is 0 Å². The Kier molecular flexibility index (Phi) is 5.16. The molecule has 2 N–H and O–H groups in total. The molecule has 90 valence electrons. The molecule has 2 unspecified atom stereocenters. The molecule has 0 fully saturated rings. The molecule has 0 aliphatic rings. The van der Waals surface area contributed by atoms with E-state index >= 15 is 0 Å². The maximum absolute atomic E-state index is 12.1. The Balaban J connectivity index is 2.76. The Labute approximate surface area is 101 Å². The number of aryl methyl sites for hydroxylation is 2. The molecule has 2 nitrogen and oxygen atoms in total. The molecular weight excluding hydrogens is 218 g/mol. The lowest BCUT2D eigenvalue weighted by Gasteiger charge is -2.12. The van der Waals surface area contributed by atoms with Gasteiger partial charge in [0.2, 0.25) is 0 Å². The minimum Gasteiger partial charge on any atom is -0.327 e. The largest absolute Gasteiger partial charge is 0.327 e. The molecule has 16 heavy (non-hydrogen) atoms. The smallest absolute Gasteiger partial charge is 0.0547 e. The molecule has 0 aromatic heterocycles. The lowest BCUT2D eigenvalue weighted by molar-refractivity contribution is 0.637. The van der Waals surface area contributed by atoms with Crippen LogP contribution >= 0.6 is 0 Å². The monoisotopic (exact) mass is 239 g/mol. The van der Waals surface area contributed by atoms with Gasteiger partial charge in [-0.1, -0.05) is 25.5 Å². The van der Waals surface area contributed by atoms with Crippen molar-refractivity contribution >= 4 is 10.8 Å². The van der Waals surface area contributed by atoms with E-state index in [9.17, 15) is 4.21 Å². The molecule has 1 aromatic rings. The van der Waals surface area contributed by atoms with Crippen LogP contribution in [0.1, 0.15) is 30.9 Å². The fourth-order valence-corrected chi connectivity index (χ4v) is 3.17. The first-order valence-corrected chi connectivity index (χ1v) is 7.07. The van der Waals surface area contributed by atoms with Crippen LogP contribution in [0.3, 0.4) is 0 Å². The minimum atomic E-state index is -0.962. The topological polar surface area (TPSA) is 43.1 Å². The molecule has 0 amide bonds. The number of hydrogen-bond acceptors (Lipinski definition) is 2. The summed E-state index contributed by atoms with van der Waals surface area (Å²) in [5.41, 5.74) is 8.16. The van der Waals surface area contributed by atoms with Crippen molar-refractivity contribution in [2.45, 2.75) is 44.6 Å². The predicted octanol–water partition coefficient (Wildman–Crippen LogP) is 2.54. The zero-order chi connectivity index (χ0) is 12.1. The summed E-state index contributed by atoms with van der Waals surface area (Å²) >= 11 is 0. The highest BCUT2D eigenvalue weighted by Crippen LogP contribution is 2.16. The molecule has 1 aromatic carbocycles. The van der Waals surface area contributed by atoms with Crippen LogP contribution in [0, 0.1) is 13.8 Å². The van der Waals surface area contributed by atoms with E-state index < -0.39 is 10.8 Å². The highest BCUT2D eigenvalue weighted by atomic mass is 32.2. The van der Waals surface area contributed by atoms with Crippen molar-refractivity contribution in [2.24, 2.45) is 5.73 Å². The average Bonchev–Trinajstić information content (AvgIpc) is 2.21. The van der Waals surface area contributed by atoms with Gasteiger partial charge in [0.15, 0.2) is 0 Å². The maximum Gasteiger partial charge on any atom is 0.0547 e. The molecule has 0 saturated heterocycles. The SMILES string of the molecule is CCCC(N)CS(=O)c1cc(C)ccc1C. The van der Waals surface area contributed by atoms with Crippen LogP contribution in [0.15, 0.2) is 23.1 Å². The molecule has 0 bridgehead atoms. The van der Waals surface area contributed by atoms with Gasteiger partial charge in [-0.2, -0.15) is 0 Å². The van der Waals surface area contributed by atoms with Gasteiger partial charge in [0, 0.05) is 16.7 Å². The summed E-state index contributed by atoms with van der Waals surface area (Å²) in [4.78, 5) is 0.937. The molecule has 0 aliphatic heterocycles. The van der Waals surface area contributed by atoms with Crippen LogP contribution in [0.2, 0.25) is 0 Å². The van der Waals surface area contributed by atoms with Gasteiger partial charge in [0.1, 0.15) is 0 Å². The van der Waals surface area contributed by atoms with E-state index in [-0.39, 0.29) is 6.04 Å². The van der Waals surface area contributed by atoms with Crippen molar-refractivity contribution in [3.8, 4) is 0 Å². The van der Waals surface area contributed by atoms with Gasteiger partial charge in [0.25, 0.3) is 0 Å². The summed E-state index contributed by atoms with van der Waals surface area (Å²) in [5, 5.41) is 0. The zero-order valence-corrected chi connectivity index (χ0v) is 11.1. The Morgan fingerprint density at radius 2 is 2.06 bits per heavy atom. The van der Waals surface area contributed by atoms with Crippen LogP contribution in [-0.4, -0.2) is 16.0 Å². The Bertz CT molecular complexity index is 376. The van der Waals surface area contributed by atoms with Crippen molar-refractivity contribution in [2.75, 3.05) is 5.75 Å². The van der Waals surface area contributed by atoms with Gasteiger partial charge in [-0.25, -0.2) is 0 Å². The third-order valence-corrected chi connectivity index (χ3v) is 4.28. The van der Waals surface area contributed by atoms with E-state index in [0.717, 1.165) is 28.9 Å². The quantitative estimate of drug-likeness (QED) is 0.858. The van der Waals surface area contributed by atoms with Crippen LogP contribution in [0.4, 0.5) is 0 Å². The molecule has 0 spiro atoms. The van der Waals surface area contributed by atoms with Crippen LogP contribution in [0.25, 0.3) is 0 Å². The van der Waals surface area contributed by atoms with Crippen molar-refractivity contribution < 1.29 is 4.21 Å². The molecule has 1 rings (SSSR count). The Morgan fingerprint density at radius 1 is 1.38 bits per heavy atom. The van der Waals surface area contributed by atoms with Gasteiger partial charge < -0.3 is 5.73 Å². The molecule has 3 heteroatoms. The molecule has 0 saturated carbocycles. The van der Waals surface area contributed by atoms with E-state index in [2.05, 4.69) is 6.92 Å². The normalized spacial score (nSPS) is 14.8. The summed E-state index contributed by atoms with van der Waals surface area (Å²) in [6, 6.07) is 6.12. The predicted molar refractivity (Wildman–Crippen MR) is 70.1 cm³/mol. The second-order valence-corrected chi connectivity index (χ2v) is 5.79. The number of benzene rings is 1. The fraction of sp³-hybridized carbons (Fsp3) is 0.538. The van der Waals surface area contributed by atoms with Gasteiger partial charge in [-0.3, -0.25) is 4.21 Å². The highest BCUT2D eigenvalue weighted by Gasteiger charge is 2.11. The number of nitrogens with two attached hydrogens (primary N) is 1. The maximum atomic E-state index is 12.1. The first-order valence-electron chi connectivity index (χ1n) is 5.75. The first kappa shape index (κ1) is 13.4. The summed E-state index contributed by atoms with van der Waals surface area (Å²) in [6.07, 6.45) is 1.99. The van der Waals surface area contributed by atoms with Crippen molar-refractivity contribution in [3.63, 3.8) is 0 Å². The minimum absolute atomic E-state index is 0.0470. The number of hydrogen-bond donors (Lipinski definition) is 1. The van der Waals surface area contributed by atoms with E-state index in [1.807, 2.05) is 32.0 Å². The fourth-order valence-electron chi connectivity index (χ4n) is 1.69. The molecule has 0 aliphatic carbocycles. The third-order valence-electron chi connectivity index (χ3n) is 2.61. The second kappa shape index (κ2) is 6.16. The van der Waals surface area contributed by atoms with Gasteiger partial charge in [0.05, 0.1) is 10.8 Å². The first-order chi connectivity index (χ1) is 7.54. The summed E-state index contributed by atoms with van der Waals surface area (Å²) in [5.74, 6) is 0.568.